The molecule has 1 aliphatic heterocycles. The maximum Gasteiger partial charge on any atom is 0.269 e. The van der Waals surface area contributed by atoms with Crippen LogP contribution >= 0.6 is 12.2 Å². The fourth-order valence-electron chi connectivity index (χ4n) is 3.72. The van der Waals surface area contributed by atoms with Gasteiger partial charge in [-0.15, -0.1) is 0 Å². The van der Waals surface area contributed by atoms with Crippen molar-refractivity contribution >= 4 is 28.7 Å². The summed E-state index contributed by atoms with van der Waals surface area (Å²) in [5, 5.41) is 23.5. The Labute approximate surface area is 150 Å². The number of non-ortho nitro benzene ring substituents is 1. The fourth-order valence-corrected chi connectivity index (χ4v) is 4.04. The minimum atomic E-state index is -0.649. The van der Waals surface area contributed by atoms with Crippen molar-refractivity contribution in [2.45, 2.75) is 26.2 Å². The van der Waals surface area contributed by atoms with Crippen LogP contribution in [0, 0.1) is 38.7 Å². The van der Waals surface area contributed by atoms with E-state index in [-0.39, 0.29) is 16.9 Å². The summed E-state index contributed by atoms with van der Waals surface area (Å²) < 4.78 is 0. The van der Waals surface area contributed by atoms with E-state index in [9.17, 15) is 20.2 Å². The molecule has 0 aromatic heterocycles. The van der Waals surface area contributed by atoms with E-state index >= 15 is 0 Å². The minimum absolute atomic E-state index is 0.0272. The second kappa shape index (κ2) is 6.05. The van der Waals surface area contributed by atoms with Crippen LogP contribution in [0.4, 0.5) is 5.69 Å². The predicted octanol–water partition coefficient (Wildman–Crippen LogP) is 3.25. The Morgan fingerprint density at radius 3 is 2.56 bits per heavy atom. The maximum absolute atomic E-state index is 12.8. The van der Waals surface area contributed by atoms with Crippen molar-refractivity contribution in [3.63, 3.8) is 0 Å². The predicted molar refractivity (Wildman–Crippen MR) is 95.7 cm³/mol. The SMILES string of the molecule is CC1(C)C=C2NC(=S)[C@@H](C#N)[C@H](c3ccc([N+](=O)[O-])cc3)[C@@H]2C(=O)C1. The van der Waals surface area contributed by atoms with Crippen LogP contribution in [0.3, 0.4) is 0 Å². The average molecular weight is 355 g/mol. The van der Waals surface area contributed by atoms with E-state index < -0.39 is 22.7 Å². The molecule has 1 saturated heterocycles. The maximum atomic E-state index is 12.8. The molecule has 0 unspecified atom stereocenters. The molecule has 3 atom stereocenters. The van der Waals surface area contributed by atoms with Crippen molar-refractivity contribution in [2.75, 3.05) is 0 Å². The van der Waals surface area contributed by atoms with Gasteiger partial charge in [0.15, 0.2) is 0 Å². The summed E-state index contributed by atoms with van der Waals surface area (Å²) >= 11 is 5.36. The number of carbonyl (C=O) groups is 1. The normalized spacial score (nSPS) is 27.6. The molecule has 1 aromatic carbocycles. The molecule has 1 aliphatic carbocycles. The molecule has 0 radical (unpaired) electrons. The number of ketones is 1. The van der Waals surface area contributed by atoms with Crippen molar-refractivity contribution in [1.29, 1.82) is 5.26 Å². The Morgan fingerprint density at radius 2 is 2.00 bits per heavy atom. The monoisotopic (exact) mass is 355 g/mol. The first-order valence-electron chi connectivity index (χ1n) is 7.94. The van der Waals surface area contributed by atoms with Gasteiger partial charge in [0.25, 0.3) is 5.69 Å². The highest BCUT2D eigenvalue weighted by Gasteiger charge is 2.47. The Kier molecular flexibility index (Phi) is 4.17. The lowest BCUT2D eigenvalue weighted by atomic mass is 9.65. The fraction of sp³-hybridized carbons (Fsp3) is 0.389. The highest BCUT2D eigenvalue weighted by Crippen LogP contribution is 2.46. The van der Waals surface area contributed by atoms with E-state index in [1.807, 2.05) is 19.9 Å². The summed E-state index contributed by atoms with van der Waals surface area (Å²) in [6.45, 7) is 3.96. The van der Waals surface area contributed by atoms with Crippen LogP contribution in [0.25, 0.3) is 0 Å². The van der Waals surface area contributed by atoms with Gasteiger partial charge in [0, 0.05) is 30.2 Å². The molecule has 3 rings (SSSR count). The van der Waals surface area contributed by atoms with E-state index in [4.69, 9.17) is 12.2 Å². The van der Waals surface area contributed by atoms with Crippen LogP contribution < -0.4 is 5.32 Å². The number of nitrogens with one attached hydrogen (secondary N) is 1. The van der Waals surface area contributed by atoms with E-state index in [1.165, 1.54) is 12.1 Å². The highest BCUT2D eigenvalue weighted by atomic mass is 32.1. The average Bonchev–Trinajstić information content (AvgIpc) is 2.52. The molecule has 7 heteroatoms. The number of fused-ring (bicyclic) bond motifs is 1. The van der Waals surface area contributed by atoms with Gasteiger partial charge in [-0.25, -0.2) is 0 Å². The third-order valence-electron chi connectivity index (χ3n) is 4.75. The number of nitriles is 1. The summed E-state index contributed by atoms with van der Waals surface area (Å²) in [5.41, 5.74) is 1.15. The van der Waals surface area contributed by atoms with Crippen LogP contribution in [0.2, 0.25) is 0 Å². The first-order valence-corrected chi connectivity index (χ1v) is 8.34. The van der Waals surface area contributed by atoms with Gasteiger partial charge in [0.1, 0.15) is 11.7 Å². The van der Waals surface area contributed by atoms with Gasteiger partial charge >= 0.3 is 0 Å². The molecule has 1 heterocycles. The molecular weight excluding hydrogens is 338 g/mol. The molecule has 0 spiro atoms. The third kappa shape index (κ3) is 3.05. The second-order valence-electron chi connectivity index (χ2n) is 7.18. The molecule has 25 heavy (non-hydrogen) atoms. The molecule has 0 bridgehead atoms. The van der Waals surface area contributed by atoms with Gasteiger partial charge in [-0.1, -0.05) is 44.3 Å². The van der Waals surface area contributed by atoms with Gasteiger partial charge in [-0.2, -0.15) is 5.26 Å². The molecule has 2 aliphatic rings. The van der Waals surface area contributed by atoms with Crippen LogP contribution in [-0.2, 0) is 4.79 Å². The van der Waals surface area contributed by atoms with Crippen molar-refractivity contribution in [3.05, 3.63) is 51.7 Å². The second-order valence-corrected chi connectivity index (χ2v) is 7.62. The summed E-state index contributed by atoms with van der Waals surface area (Å²) in [6, 6.07) is 8.23. The van der Waals surface area contributed by atoms with Crippen molar-refractivity contribution in [1.82, 2.24) is 5.32 Å². The van der Waals surface area contributed by atoms with Crippen molar-refractivity contribution < 1.29 is 9.72 Å². The summed E-state index contributed by atoms with van der Waals surface area (Å²) in [6.07, 6.45) is 2.40. The number of allylic oxidation sites excluding steroid dienone is 2. The van der Waals surface area contributed by atoms with Gasteiger partial charge < -0.3 is 5.32 Å². The lowest BCUT2D eigenvalue weighted by molar-refractivity contribution is -0.384. The molecule has 0 amide bonds. The van der Waals surface area contributed by atoms with Gasteiger partial charge in [0.05, 0.1) is 21.9 Å². The molecule has 6 nitrogen and oxygen atoms in total. The van der Waals surface area contributed by atoms with Crippen LogP contribution in [0.5, 0.6) is 0 Å². The number of hydrogen-bond donors (Lipinski definition) is 1. The quantitative estimate of drug-likeness (QED) is 0.497. The Hall–Kier alpha value is -2.59. The molecular formula is C18H17N3O3S. The molecule has 1 N–H and O–H groups in total. The first-order chi connectivity index (χ1) is 11.7. The number of benzene rings is 1. The summed E-state index contributed by atoms with van der Waals surface area (Å²) in [4.78, 5) is 23.6. The van der Waals surface area contributed by atoms with Crippen molar-refractivity contribution in [3.8, 4) is 6.07 Å². The van der Waals surface area contributed by atoms with Crippen LogP contribution in [-0.4, -0.2) is 15.7 Å². The number of nitrogens with zero attached hydrogens (tertiary/aromatic N) is 2. The van der Waals surface area contributed by atoms with Crippen LogP contribution in [0.15, 0.2) is 36.0 Å². The van der Waals surface area contributed by atoms with Gasteiger partial charge in [0.2, 0.25) is 0 Å². The van der Waals surface area contributed by atoms with Gasteiger partial charge in [-0.05, 0) is 11.0 Å². The number of rotatable bonds is 2. The molecule has 1 aromatic rings. The van der Waals surface area contributed by atoms with E-state index in [1.54, 1.807) is 12.1 Å². The Morgan fingerprint density at radius 1 is 1.36 bits per heavy atom. The number of thiocarbonyl (C=S) groups is 1. The smallest absolute Gasteiger partial charge is 0.269 e. The number of hydrogen-bond acceptors (Lipinski definition) is 5. The lowest BCUT2D eigenvalue weighted by Crippen LogP contribution is -2.49. The van der Waals surface area contributed by atoms with Crippen molar-refractivity contribution in [2.24, 2.45) is 17.3 Å². The zero-order valence-electron chi connectivity index (χ0n) is 13.9. The number of nitro benzene ring substituents is 1. The van der Waals surface area contributed by atoms with Gasteiger partial charge in [-0.3, -0.25) is 14.9 Å². The number of Topliss-reactive ketones (excluding diaryl/α,β-unsaturated/α-hetero) is 1. The molecule has 128 valence electrons. The zero-order chi connectivity index (χ0) is 18.4. The number of piperidine rings is 1. The minimum Gasteiger partial charge on any atom is -0.352 e. The zero-order valence-corrected chi connectivity index (χ0v) is 14.7. The Bertz CT molecular complexity index is 836. The topological polar surface area (TPSA) is 96.0 Å². The number of carbonyl (C=O) groups excluding carboxylic acids is 1. The first kappa shape index (κ1) is 17.2. The third-order valence-corrected chi connectivity index (χ3v) is 5.11. The summed E-state index contributed by atoms with van der Waals surface area (Å²) in [7, 11) is 0. The van der Waals surface area contributed by atoms with E-state index in [2.05, 4.69) is 11.4 Å². The standard InChI is InChI=1S/C18H17N3O3S/c1-18(2)7-13-16(14(22)8-18)15(12(9-19)17(25)20-13)10-3-5-11(6-4-10)21(23)24/h3-7,12,15-16H,8H2,1-2H3,(H,20,25)/t12-,15-,16-/m0/s1. The van der Waals surface area contributed by atoms with Crippen LogP contribution in [0.1, 0.15) is 31.7 Å². The Balaban J connectivity index is 2.10. The molecule has 1 fully saturated rings. The largest absolute Gasteiger partial charge is 0.352 e. The van der Waals surface area contributed by atoms with E-state index in [0.717, 1.165) is 5.70 Å². The highest BCUT2D eigenvalue weighted by molar-refractivity contribution is 7.80. The lowest BCUT2D eigenvalue weighted by Gasteiger charge is -2.42. The number of nitro groups is 1. The molecule has 0 saturated carbocycles. The van der Waals surface area contributed by atoms with E-state index in [0.29, 0.717) is 17.0 Å². The summed E-state index contributed by atoms with van der Waals surface area (Å²) in [5.74, 6) is -1.51.